The maximum Gasteiger partial charge on any atom is 0.261 e. The van der Waals surface area contributed by atoms with E-state index in [1.165, 1.54) is 18.6 Å². The number of nitrogens with one attached hydrogen (secondary N) is 2. The van der Waals surface area contributed by atoms with Crippen LogP contribution in [0.2, 0.25) is 0 Å². The van der Waals surface area contributed by atoms with Gasteiger partial charge >= 0.3 is 0 Å². The number of rotatable bonds is 9. The van der Waals surface area contributed by atoms with Crippen molar-refractivity contribution >= 4 is 21.6 Å². The van der Waals surface area contributed by atoms with E-state index in [1.54, 1.807) is 50.6 Å². The van der Waals surface area contributed by atoms with E-state index in [2.05, 4.69) is 14.9 Å². The van der Waals surface area contributed by atoms with E-state index < -0.39 is 10.0 Å². The molecule has 1 aliphatic rings. The third-order valence-electron chi connectivity index (χ3n) is 6.27. The molecule has 0 radical (unpaired) electrons. The maximum absolute atomic E-state index is 13.1. The summed E-state index contributed by atoms with van der Waals surface area (Å²) < 4.78 is 39.3. The van der Waals surface area contributed by atoms with Crippen LogP contribution in [0.4, 0.5) is 5.69 Å². The summed E-state index contributed by atoms with van der Waals surface area (Å²) >= 11 is 0. The van der Waals surface area contributed by atoms with Gasteiger partial charge in [0.25, 0.3) is 15.9 Å². The molecule has 0 bridgehead atoms. The summed E-state index contributed by atoms with van der Waals surface area (Å²) in [6.07, 6.45) is 5.08. The van der Waals surface area contributed by atoms with Gasteiger partial charge in [0.2, 0.25) is 0 Å². The van der Waals surface area contributed by atoms with Crippen LogP contribution in [0, 0.1) is 6.92 Å². The minimum Gasteiger partial charge on any atom is -0.497 e. The summed E-state index contributed by atoms with van der Waals surface area (Å²) in [5.41, 5.74) is 1.41. The Balaban J connectivity index is 1.49. The van der Waals surface area contributed by atoms with E-state index in [0.717, 1.165) is 31.7 Å². The summed E-state index contributed by atoms with van der Waals surface area (Å²) in [4.78, 5) is 15.5. The van der Waals surface area contributed by atoms with Crippen LogP contribution >= 0.6 is 0 Å². The normalized spacial score (nSPS) is 15.4. The quantitative estimate of drug-likeness (QED) is 0.456. The zero-order valence-electron chi connectivity index (χ0n) is 20.0. The Hall–Kier alpha value is -3.30. The number of nitrogens with zero attached hydrogens (tertiary/aromatic N) is 1. The summed E-state index contributed by atoms with van der Waals surface area (Å²) in [5.74, 6) is 1.11. The van der Waals surface area contributed by atoms with Crippen LogP contribution in [0.25, 0.3) is 0 Å². The van der Waals surface area contributed by atoms with Crippen LogP contribution in [0.3, 0.4) is 0 Å². The van der Waals surface area contributed by atoms with Crippen molar-refractivity contribution in [1.29, 1.82) is 0 Å². The van der Waals surface area contributed by atoms with Gasteiger partial charge in [0, 0.05) is 17.8 Å². The van der Waals surface area contributed by atoms with Crippen LogP contribution in [-0.4, -0.2) is 46.0 Å². The lowest BCUT2D eigenvalue weighted by molar-refractivity contribution is 0.0913. The molecule has 3 aromatic rings. The molecular formula is C26H31N3O5S. The first kappa shape index (κ1) is 24.8. The predicted molar refractivity (Wildman–Crippen MR) is 134 cm³/mol. The second kappa shape index (κ2) is 11.0. The third-order valence-corrected chi connectivity index (χ3v) is 7.64. The standard InChI is InChI=1S/C26H31N3O5S/c1-19-8-13-22(35(31,32)28-20-9-11-21(33-2)12-10-20)17-23(19)26(30)27-18-24(25-7-6-16-34-25)29-14-4-3-5-15-29/h6-13,16-17,24,28H,3-5,14-15,18H2,1-2H3,(H,27,30)/t24-/m1/s1. The number of benzene rings is 2. The molecule has 1 fully saturated rings. The fraction of sp³-hybridized carbons (Fsp3) is 0.346. The molecule has 0 spiro atoms. The van der Waals surface area contributed by atoms with Crippen molar-refractivity contribution in [2.45, 2.75) is 37.1 Å². The highest BCUT2D eigenvalue weighted by atomic mass is 32.2. The number of carbonyl (C=O) groups excluding carboxylic acids is 1. The lowest BCUT2D eigenvalue weighted by atomic mass is 10.1. The summed E-state index contributed by atoms with van der Waals surface area (Å²) in [6.45, 7) is 4.06. The lowest BCUT2D eigenvalue weighted by Gasteiger charge is -2.33. The Morgan fingerprint density at radius 1 is 1.09 bits per heavy atom. The summed E-state index contributed by atoms with van der Waals surface area (Å²) in [5, 5.41) is 3.00. The van der Waals surface area contributed by atoms with Gasteiger partial charge < -0.3 is 14.5 Å². The van der Waals surface area contributed by atoms with Crippen molar-refractivity contribution in [1.82, 2.24) is 10.2 Å². The van der Waals surface area contributed by atoms with Gasteiger partial charge in [-0.15, -0.1) is 0 Å². The van der Waals surface area contributed by atoms with Crippen molar-refractivity contribution < 1.29 is 22.4 Å². The number of hydrogen-bond donors (Lipinski definition) is 2. The Bertz CT molecular complexity index is 1230. The van der Waals surface area contributed by atoms with Gasteiger partial charge in [0.1, 0.15) is 11.5 Å². The minimum atomic E-state index is -3.88. The topological polar surface area (TPSA) is 101 Å². The van der Waals surface area contributed by atoms with Crippen LogP contribution in [0.5, 0.6) is 5.75 Å². The number of piperidine rings is 1. The number of methoxy groups -OCH3 is 1. The SMILES string of the molecule is COc1ccc(NS(=O)(=O)c2ccc(C)c(C(=O)NC[C@H](c3ccco3)N3CCCCC3)c2)cc1. The Morgan fingerprint density at radius 3 is 2.49 bits per heavy atom. The number of likely N-dealkylation sites (tertiary alicyclic amines) is 1. The fourth-order valence-electron chi connectivity index (χ4n) is 4.29. The molecule has 8 nitrogen and oxygen atoms in total. The zero-order chi connectivity index (χ0) is 24.8. The van der Waals surface area contributed by atoms with E-state index in [9.17, 15) is 13.2 Å². The molecular weight excluding hydrogens is 466 g/mol. The van der Waals surface area contributed by atoms with Crippen molar-refractivity contribution in [2.24, 2.45) is 0 Å². The first-order valence-corrected chi connectivity index (χ1v) is 13.2. The molecule has 2 aromatic carbocycles. The molecule has 1 saturated heterocycles. The summed E-state index contributed by atoms with van der Waals surface area (Å²) in [6, 6.07) is 14.8. The molecule has 0 aliphatic carbocycles. The predicted octanol–water partition coefficient (Wildman–Crippen LogP) is 4.35. The highest BCUT2D eigenvalue weighted by Gasteiger charge is 2.26. The number of ether oxygens (including phenoxy) is 1. The van der Waals surface area contributed by atoms with Crippen molar-refractivity contribution in [3.63, 3.8) is 0 Å². The molecule has 1 aromatic heterocycles. The number of carbonyl (C=O) groups is 1. The average molecular weight is 498 g/mol. The van der Waals surface area contributed by atoms with Gasteiger partial charge in [-0.25, -0.2) is 8.42 Å². The van der Waals surface area contributed by atoms with Crippen molar-refractivity contribution in [2.75, 3.05) is 31.5 Å². The molecule has 1 amide bonds. The van der Waals surface area contributed by atoms with Crippen LogP contribution in [-0.2, 0) is 10.0 Å². The van der Waals surface area contributed by atoms with Gasteiger partial charge in [-0.1, -0.05) is 12.5 Å². The average Bonchev–Trinajstić information content (AvgIpc) is 3.40. The molecule has 9 heteroatoms. The first-order chi connectivity index (χ1) is 16.9. The third kappa shape index (κ3) is 6.04. The zero-order valence-corrected chi connectivity index (χ0v) is 20.8. The van der Waals surface area contributed by atoms with Gasteiger partial charge in [-0.2, -0.15) is 0 Å². The lowest BCUT2D eigenvalue weighted by Crippen LogP contribution is -2.40. The molecule has 0 unspecified atom stereocenters. The smallest absolute Gasteiger partial charge is 0.261 e. The number of amides is 1. The Kier molecular flexibility index (Phi) is 7.77. The van der Waals surface area contributed by atoms with Gasteiger partial charge in [0.05, 0.1) is 24.3 Å². The highest BCUT2D eigenvalue weighted by molar-refractivity contribution is 7.92. The molecule has 1 aliphatic heterocycles. The van der Waals surface area contributed by atoms with E-state index in [4.69, 9.17) is 9.15 Å². The molecule has 2 heterocycles. The molecule has 1 atom stereocenters. The van der Waals surface area contributed by atoms with Crippen molar-refractivity contribution in [3.8, 4) is 5.75 Å². The number of aryl methyl sites for hydroxylation is 1. The first-order valence-electron chi connectivity index (χ1n) is 11.7. The number of furan rings is 1. The van der Waals surface area contributed by atoms with Crippen LogP contribution < -0.4 is 14.8 Å². The van der Waals surface area contributed by atoms with Crippen LogP contribution in [0.1, 0.15) is 47.0 Å². The monoisotopic (exact) mass is 497 g/mol. The molecule has 35 heavy (non-hydrogen) atoms. The second-order valence-corrected chi connectivity index (χ2v) is 10.3. The second-order valence-electron chi connectivity index (χ2n) is 8.65. The van der Waals surface area contributed by atoms with E-state index in [0.29, 0.717) is 29.1 Å². The van der Waals surface area contributed by atoms with E-state index >= 15 is 0 Å². The Labute approximate surface area is 206 Å². The van der Waals surface area contributed by atoms with E-state index in [1.807, 2.05) is 12.1 Å². The van der Waals surface area contributed by atoms with Gasteiger partial charge in [0.15, 0.2) is 0 Å². The number of sulfonamides is 1. The minimum absolute atomic E-state index is 0.0164. The Morgan fingerprint density at radius 2 is 1.83 bits per heavy atom. The summed E-state index contributed by atoms with van der Waals surface area (Å²) in [7, 11) is -2.34. The number of anilines is 1. The molecule has 0 saturated carbocycles. The van der Waals surface area contributed by atoms with Crippen molar-refractivity contribution in [3.05, 3.63) is 77.7 Å². The van der Waals surface area contributed by atoms with Gasteiger partial charge in [-0.3, -0.25) is 14.4 Å². The van der Waals surface area contributed by atoms with Gasteiger partial charge in [-0.05, 0) is 86.9 Å². The molecule has 186 valence electrons. The molecule has 4 rings (SSSR count). The largest absolute Gasteiger partial charge is 0.497 e. The highest BCUT2D eigenvalue weighted by Crippen LogP contribution is 2.25. The number of hydrogen-bond acceptors (Lipinski definition) is 6. The fourth-order valence-corrected chi connectivity index (χ4v) is 5.38. The van der Waals surface area contributed by atoms with Crippen LogP contribution in [0.15, 0.2) is 70.2 Å². The maximum atomic E-state index is 13.1. The van der Waals surface area contributed by atoms with E-state index in [-0.39, 0.29) is 16.8 Å². The molecule has 2 N–H and O–H groups in total.